The zero-order valence-corrected chi connectivity index (χ0v) is 7.98. The van der Waals surface area contributed by atoms with Gasteiger partial charge in [0.15, 0.2) is 0 Å². The predicted octanol–water partition coefficient (Wildman–Crippen LogP) is 0.871. The minimum Gasteiger partial charge on any atom is -0.389 e. The van der Waals surface area contributed by atoms with Gasteiger partial charge in [-0.05, 0) is 12.1 Å². The molecule has 0 bridgehead atoms. The van der Waals surface area contributed by atoms with E-state index in [4.69, 9.17) is 0 Å². The molecule has 0 saturated carbocycles. The molecule has 4 heteroatoms. The van der Waals surface area contributed by atoms with E-state index in [1.807, 2.05) is 0 Å². The summed E-state index contributed by atoms with van der Waals surface area (Å²) in [7, 11) is 0. The van der Waals surface area contributed by atoms with E-state index in [1.165, 1.54) is 0 Å². The number of alkyl halides is 1. The fourth-order valence-electron chi connectivity index (χ4n) is 0.832. The van der Waals surface area contributed by atoms with Crippen molar-refractivity contribution < 1.29 is 10.2 Å². The molecule has 3 nitrogen and oxygen atoms in total. The van der Waals surface area contributed by atoms with Gasteiger partial charge in [0.1, 0.15) is 6.10 Å². The number of hydrogen-bond donors (Lipinski definition) is 2. The molecule has 1 aromatic rings. The van der Waals surface area contributed by atoms with Crippen LogP contribution in [0.3, 0.4) is 0 Å². The number of nitrogens with zero attached hydrogens (tertiary/aromatic N) is 1. The van der Waals surface area contributed by atoms with Crippen LogP contribution in [0.25, 0.3) is 0 Å². The molecule has 0 radical (unpaired) electrons. The number of aliphatic hydroxyl groups is 2. The molecule has 0 aliphatic carbocycles. The molecule has 2 unspecified atom stereocenters. The molecule has 66 valence electrons. The second-order valence-corrected chi connectivity index (χ2v) is 3.07. The van der Waals surface area contributed by atoms with Crippen LogP contribution in [0.4, 0.5) is 0 Å². The molecule has 1 aromatic heterocycles. The van der Waals surface area contributed by atoms with Crippen molar-refractivity contribution in [3.05, 3.63) is 30.1 Å². The first-order valence-electron chi connectivity index (χ1n) is 3.58. The topological polar surface area (TPSA) is 53.4 Å². The van der Waals surface area contributed by atoms with Crippen LogP contribution in [-0.4, -0.2) is 26.6 Å². The van der Waals surface area contributed by atoms with Crippen molar-refractivity contribution in [3.8, 4) is 0 Å². The van der Waals surface area contributed by atoms with Crippen LogP contribution in [-0.2, 0) is 0 Å². The fraction of sp³-hybridized carbons (Fsp3) is 0.375. The lowest BCUT2D eigenvalue weighted by Crippen LogP contribution is -2.20. The van der Waals surface area contributed by atoms with Gasteiger partial charge in [0.05, 0.1) is 11.8 Å². The van der Waals surface area contributed by atoms with E-state index in [0.29, 0.717) is 11.0 Å². The Morgan fingerprint density at radius 1 is 1.42 bits per heavy atom. The average molecular weight is 232 g/mol. The summed E-state index contributed by atoms with van der Waals surface area (Å²) in [6.07, 6.45) is -0.134. The molecule has 0 aromatic carbocycles. The number of hydrogen-bond acceptors (Lipinski definition) is 3. The van der Waals surface area contributed by atoms with Gasteiger partial charge in [-0.3, -0.25) is 4.98 Å². The summed E-state index contributed by atoms with van der Waals surface area (Å²) in [5.41, 5.74) is 0.490. The summed E-state index contributed by atoms with van der Waals surface area (Å²) in [5.74, 6) is 0. The lowest BCUT2D eigenvalue weighted by molar-refractivity contribution is 0.0315. The quantitative estimate of drug-likeness (QED) is 0.760. The van der Waals surface area contributed by atoms with Crippen molar-refractivity contribution in [2.75, 3.05) is 5.33 Å². The highest BCUT2D eigenvalue weighted by atomic mass is 79.9. The van der Waals surface area contributed by atoms with Crippen LogP contribution < -0.4 is 0 Å². The highest BCUT2D eigenvalue weighted by Gasteiger charge is 2.17. The smallest absolute Gasteiger partial charge is 0.123 e. The first-order valence-corrected chi connectivity index (χ1v) is 4.71. The summed E-state index contributed by atoms with van der Waals surface area (Å²) in [6.45, 7) is 0. The maximum absolute atomic E-state index is 9.45. The van der Waals surface area contributed by atoms with E-state index < -0.39 is 12.2 Å². The third-order valence-corrected chi connectivity index (χ3v) is 2.18. The first kappa shape index (κ1) is 9.64. The van der Waals surface area contributed by atoms with Crippen molar-refractivity contribution in [1.29, 1.82) is 0 Å². The summed E-state index contributed by atoms with van der Waals surface area (Å²) >= 11 is 3.07. The van der Waals surface area contributed by atoms with Crippen LogP contribution >= 0.6 is 15.9 Å². The predicted molar refractivity (Wildman–Crippen MR) is 49.0 cm³/mol. The molecule has 1 heterocycles. The summed E-state index contributed by atoms with van der Waals surface area (Å²) in [6, 6.07) is 5.21. The zero-order chi connectivity index (χ0) is 8.97. The van der Waals surface area contributed by atoms with E-state index in [-0.39, 0.29) is 0 Å². The van der Waals surface area contributed by atoms with Gasteiger partial charge in [-0.2, -0.15) is 0 Å². The Morgan fingerprint density at radius 2 is 2.17 bits per heavy atom. The monoisotopic (exact) mass is 231 g/mol. The van der Waals surface area contributed by atoms with Gasteiger partial charge in [-0.15, -0.1) is 0 Å². The SMILES string of the molecule is OC(CBr)C(O)c1ccccn1. The van der Waals surface area contributed by atoms with Crippen molar-refractivity contribution in [2.45, 2.75) is 12.2 Å². The summed E-state index contributed by atoms with van der Waals surface area (Å²) in [4.78, 5) is 3.92. The van der Waals surface area contributed by atoms with Gasteiger partial charge in [-0.1, -0.05) is 22.0 Å². The van der Waals surface area contributed by atoms with Crippen LogP contribution in [0.1, 0.15) is 11.8 Å². The van der Waals surface area contributed by atoms with E-state index in [1.54, 1.807) is 24.4 Å². The molecular weight excluding hydrogens is 222 g/mol. The average Bonchev–Trinajstić information content (AvgIpc) is 2.17. The number of rotatable bonds is 3. The van der Waals surface area contributed by atoms with Gasteiger partial charge in [-0.25, -0.2) is 0 Å². The molecule has 0 amide bonds. The molecule has 0 fully saturated rings. The van der Waals surface area contributed by atoms with Gasteiger partial charge >= 0.3 is 0 Å². The highest BCUT2D eigenvalue weighted by molar-refractivity contribution is 9.09. The molecule has 2 N–H and O–H groups in total. The number of aromatic nitrogens is 1. The Morgan fingerprint density at radius 3 is 2.67 bits per heavy atom. The van der Waals surface area contributed by atoms with Crippen molar-refractivity contribution in [3.63, 3.8) is 0 Å². The Bertz CT molecular complexity index is 230. The molecule has 0 aliphatic heterocycles. The fourth-order valence-corrected chi connectivity index (χ4v) is 1.19. The zero-order valence-electron chi connectivity index (χ0n) is 6.39. The van der Waals surface area contributed by atoms with Gasteiger partial charge in [0.25, 0.3) is 0 Å². The van der Waals surface area contributed by atoms with E-state index in [0.717, 1.165) is 0 Å². The molecular formula is C8H10BrNO2. The van der Waals surface area contributed by atoms with Gasteiger partial charge in [0, 0.05) is 11.5 Å². The van der Waals surface area contributed by atoms with Crippen molar-refractivity contribution >= 4 is 15.9 Å². The molecule has 1 rings (SSSR count). The van der Waals surface area contributed by atoms with Crippen molar-refractivity contribution in [2.24, 2.45) is 0 Å². The van der Waals surface area contributed by atoms with Gasteiger partial charge in [0.2, 0.25) is 0 Å². The molecule has 0 saturated heterocycles. The Labute approximate surface area is 79.2 Å². The minimum absolute atomic E-state index is 0.338. The molecule has 0 spiro atoms. The lowest BCUT2D eigenvalue weighted by atomic mass is 10.1. The third-order valence-electron chi connectivity index (χ3n) is 1.51. The standard InChI is InChI=1S/C8H10BrNO2/c9-5-7(11)8(12)6-3-1-2-4-10-6/h1-4,7-8,11-12H,5H2. The van der Waals surface area contributed by atoms with E-state index in [9.17, 15) is 10.2 Å². The second-order valence-electron chi connectivity index (χ2n) is 2.42. The van der Waals surface area contributed by atoms with Gasteiger partial charge < -0.3 is 10.2 Å². The Balaban J connectivity index is 2.71. The first-order chi connectivity index (χ1) is 5.75. The molecule has 2 atom stereocenters. The van der Waals surface area contributed by atoms with E-state index >= 15 is 0 Å². The van der Waals surface area contributed by atoms with Crippen molar-refractivity contribution in [1.82, 2.24) is 4.98 Å². The van der Waals surface area contributed by atoms with Crippen LogP contribution in [0.5, 0.6) is 0 Å². The van der Waals surface area contributed by atoms with Crippen LogP contribution in [0.15, 0.2) is 24.4 Å². The summed E-state index contributed by atoms with van der Waals surface area (Å²) in [5, 5.41) is 19.0. The largest absolute Gasteiger partial charge is 0.389 e. The molecule has 0 aliphatic rings. The lowest BCUT2D eigenvalue weighted by Gasteiger charge is -2.13. The third kappa shape index (κ3) is 2.27. The maximum Gasteiger partial charge on any atom is 0.123 e. The number of aliphatic hydroxyl groups excluding tert-OH is 2. The number of pyridine rings is 1. The summed E-state index contributed by atoms with van der Waals surface area (Å²) < 4.78 is 0. The van der Waals surface area contributed by atoms with Crippen LogP contribution in [0.2, 0.25) is 0 Å². The minimum atomic E-state index is -0.912. The molecule has 12 heavy (non-hydrogen) atoms. The van der Waals surface area contributed by atoms with Crippen LogP contribution in [0, 0.1) is 0 Å². The highest BCUT2D eigenvalue weighted by Crippen LogP contribution is 2.14. The number of halogens is 1. The maximum atomic E-state index is 9.45. The Kier molecular flexibility index (Phi) is 3.65. The normalized spacial score (nSPS) is 15.6. The van der Waals surface area contributed by atoms with E-state index in [2.05, 4.69) is 20.9 Å². The Hall–Kier alpha value is -0.450. The second kappa shape index (κ2) is 4.54.